The summed E-state index contributed by atoms with van der Waals surface area (Å²) >= 11 is 0. The number of likely N-dealkylation sites (tertiary alicyclic amines) is 1. The van der Waals surface area contributed by atoms with Crippen LogP contribution in [0.1, 0.15) is 53.4 Å². The Labute approximate surface area is 172 Å². The Kier molecular flexibility index (Phi) is 10.6. The topological polar surface area (TPSA) is 42.9 Å². The molecule has 0 aromatic rings. The van der Waals surface area contributed by atoms with E-state index in [2.05, 4.69) is 55.2 Å². The van der Waals surface area contributed by atoms with Crippen LogP contribution < -0.4 is 10.6 Å². The van der Waals surface area contributed by atoms with Gasteiger partial charge in [0, 0.05) is 44.3 Å². The Morgan fingerprint density at radius 2 is 1.92 bits per heavy atom. The maximum absolute atomic E-state index is 4.83. The summed E-state index contributed by atoms with van der Waals surface area (Å²) < 4.78 is 0. The van der Waals surface area contributed by atoms with Crippen molar-refractivity contribution in [2.24, 2.45) is 10.9 Å². The SMILES string of the molecule is CCNC(=NCCN(C)C1CCCC1)NC1CN(C(C)C)CC1C.I. The standard InChI is InChI=1S/C19H39N5.HI/c1-6-20-19(21-11-12-23(5)17-9-7-8-10-17)22-18-14-24(15(2)3)13-16(18)4;/h15-18H,6-14H2,1-5H3,(H2,20,21,22);1H. The molecule has 2 rings (SSSR count). The summed E-state index contributed by atoms with van der Waals surface area (Å²) in [7, 11) is 2.26. The van der Waals surface area contributed by atoms with Gasteiger partial charge >= 0.3 is 0 Å². The Bertz CT molecular complexity index is 395. The van der Waals surface area contributed by atoms with Crippen LogP contribution in [0.4, 0.5) is 0 Å². The molecule has 0 radical (unpaired) electrons. The number of halogens is 1. The summed E-state index contributed by atoms with van der Waals surface area (Å²) in [4.78, 5) is 9.88. The lowest BCUT2D eigenvalue weighted by molar-refractivity contribution is 0.252. The molecular weight excluding hydrogens is 425 g/mol. The zero-order chi connectivity index (χ0) is 17.5. The molecule has 2 N–H and O–H groups in total. The Morgan fingerprint density at radius 1 is 1.24 bits per heavy atom. The minimum Gasteiger partial charge on any atom is -0.357 e. The second-order valence-electron chi connectivity index (χ2n) is 7.96. The van der Waals surface area contributed by atoms with Crippen molar-refractivity contribution in [2.75, 3.05) is 39.8 Å². The van der Waals surface area contributed by atoms with Crippen molar-refractivity contribution in [3.63, 3.8) is 0 Å². The number of hydrogen-bond donors (Lipinski definition) is 2. The molecule has 2 atom stereocenters. The van der Waals surface area contributed by atoms with E-state index in [1.807, 2.05) is 0 Å². The quantitative estimate of drug-likeness (QED) is 0.345. The normalized spacial score (nSPS) is 25.6. The van der Waals surface area contributed by atoms with E-state index in [1.54, 1.807) is 0 Å². The van der Waals surface area contributed by atoms with Gasteiger partial charge in [-0.2, -0.15) is 0 Å². The smallest absolute Gasteiger partial charge is 0.191 e. The molecule has 25 heavy (non-hydrogen) atoms. The van der Waals surface area contributed by atoms with Gasteiger partial charge in [-0.15, -0.1) is 24.0 Å². The number of aliphatic imine (C=N–C) groups is 1. The zero-order valence-corrected chi connectivity index (χ0v) is 19.3. The van der Waals surface area contributed by atoms with Gasteiger partial charge in [0.2, 0.25) is 0 Å². The molecule has 1 aliphatic heterocycles. The van der Waals surface area contributed by atoms with Gasteiger partial charge in [-0.3, -0.25) is 9.89 Å². The molecular formula is C19H40IN5. The van der Waals surface area contributed by atoms with Gasteiger partial charge < -0.3 is 15.5 Å². The number of hydrogen-bond acceptors (Lipinski definition) is 3. The van der Waals surface area contributed by atoms with Gasteiger partial charge in [0.25, 0.3) is 0 Å². The van der Waals surface area contributed by atoms with E-state index in [1.165, 1.54) is 32.2 Å². The van der Waals surface area contributed by atoms with E-state index < -0.39 is 0 Å². The monoisotopic (exact) mass is 465 g/mol. The number of guanidine groups is 1. The lowest BCUT2D eigenvalue weighted by atomic mass is 10.1. The second-order valence-corrected chi connectivity index (χ2v) is 7.96. The summed E-state index contributed by atoms with van der Waals surface area (Å²) in [6.07, 6.45) is 5.52. The maximum atomic E-state index is 4.83. The zero-order valence-electron chi connectivity index (χ0n) is 16.9. The molecule has 0 amide bonds. The Morgan fingerprint density at radius 3 is 2.48 bits per heavy atom. The van der Waals surface area contributed by atoms with Crippen molar-refractivity contribution in [1.29, 1.82) is 0 Å². The van der Waals surface area contributed by atoms with Crippen molar-refractivity contribution >= 4 is 29.9 Å². The highest BCUT2D eigenvalue weighted by molar-refractivity contribution is 14.0. The molecule has 1 saturated heterocycles. The van der Waals surface area contributed by atoms with Gasteiger partial charge in [0.15, 0.2) is 5.96 Å². The van der Waals surface area contributed by atoms with Crippen LogP contribution in [0.15, 0.2) is 4.99 Å². The van der Waals surface area contributed by atoms with Crippen LogP contribution in [0.5, 0.6) is 0 Å². The molecule has 148 valence electrons. The summed E-state index contributed by atoms with van der Waals surface area (Å²) in [6, 6.07) is 1.90. The van der Waals surface area contributed by atoms with E-state index in [4.69, 9.17) is 4.99 Å². The van der Waals surface area contributed by atoms with Crippen molar-refractivity contribution in [1.82, 2.24) is 20.4 Å². The molecule has 0 spiro atoms. The van der Waals surface area contributed by atoms with Crippen LogP contribution in [0.2, 0.25) is 0 Å². The molecule has 1 heterocycles. The number of nitrogens with zero attached hydrogens (tertiary/aromatic N) is 3. The first-order valence-corrected chi connectivity index (χ1v) is 10.00. The first kappa shape index (κ1) is 23.0. The Hall–Kier alpha value is -0.0800. The average Bonchev–Trinajstić information content (AvgIpc) is 3.18. The van der Waals surface area contributed by atoms with Gasteiger partial charge in [0.1, 0.15) is 0 Å². The first-order valence-electron chi connectivity index (χ1n) is 10.00. The predicted molar refractivity (Wildman–Crippen MR) is 119 cm³/mol. The number of rotatable bonds is 7. The molecule has 2 aliphatic rings. The van der Waals surface area contributed by atoms with Gasteiger partial charge in [0.05, 0.1) is 6.54 Å². The fraction of sp³-hybridized carbons (Fsp3) is 0.947. The molecule has 6 heteroatoms. The summed E-state index contributed by atoms with van der Waals surface area (Å²) in [5.41, 5.74) is 0. The molecule has 0 bridgehead atoms. The van der Waals surface area contributed by atoms with E-state index in [0.717, 1.165) is 38.2 Å². The van der Waals surface area contributed by atoms with Crippen LogP contribution in [0.25, 0.3) is 0 Å². The molecule has 1 saturated carbocycles. The second kappa shape index (κ2) is 11.6. The lowest BCUT2D eigenvalue weighted by Gasteiger charge is -2.24. The summed E-state index contributed by atoms with van der Waals surface area (Å²) in [6.45, 7) is 14.2. The average molecular weight is 465 g/mol. The minimum atomic E-state index is 0. The van der Waals surface area contributed by atoms with E-state index in [-0.39, 0.29) is 24.0 Å². The van der Waals surface area contributed by atoms with Gasteiger partial charge in [-0.25, -0.2) is 0 Å². The highest BCUT2D eigenvalue weighted by Crippen LogP contribution is 2.22. The molecule has 5 nitrogen and oxygen atoms in total. The van der Waals surface area contributed by atoms with Crippen LogP contribution in [0.3, 0.4) is 0 Å². The number of nitrogens with one attached hydrogen (secondary N) is 2. The van der Waals surface area contributed by atoms with Crippen molar-refractivity contribution in [3.8, 4) is 0 Å². The van der Waals surface area contributed by atoms with E-state index >= 15 is 0 Å². The van der Waals surface area contributed by atoms with E-state index in [9.17, 15) is 0 Å². The third kappa shape index (κ3) is 7.21. The third-order valence-corrected chi connectivity index (χ3v) is 5.71. The fourth-order valence-electron chi connectivity index (χ4n) is 3.96. The van der Waals surface area contributed by atoms with Crippen molar-refractivity contribution < 1.29 is 0 Å². The predicted octanol–water partition coefficient (Wildman–Crippen LogP) is 2.76. The van der Waals surface area contributed by atoms with Crippen molar-refractivity contribution in [3.05, 3.63) is 0 Å². The third-order valence-electron chi connectivity index (χ3n) is 5.71. The van der Waals surface area contributed by atoms with Crippen LogP contribution in [0, 0.1) is 5.92 Å². The molecule has 2 fully saturated rings. The lowest BCUT2D eigenvalue weighted by Crippen LogP contribution is -2.47. The van der Waals surface area contributed by atoms with Crippen LogP contribution in [-0.4, -0.2) is 73.7 Å². The van der Waals surface area contributed by atoms with Gasteiger partial charge in [-0.05, 0) is 46.6 Å². The van der Waals surface area contributed by atoms with Crippen LogP contribution >= 0.6 is 24.0 Å². The molecule has 1 aliphatic carbocycles. The highest BCUT2D eigenvalue weighted by atomic mass is 127. The van der Waals surface area contributed by atoms with Crippen LogP contribution in [-0.2, 0) is 0 Å². The number of likely N-dealkylation sites (N-methyl/N-ethyl adjacent to an activating group) is 1. The molecule has 0 aromatic carbocycles. The van der Waals surface area contributed by atoms with Gasteiger partial charge in [-0.1, -0.05) is 19.8 Å². The Balaban J connectivity index is 0.00000312. The summed E-state index contributed by atoms with van der Waals surface area (Å²) in [5, 5.41) is 7.09. The first-order chi connectivity index (χ1) is 11.5. The maximum Gasteiger partial charge on any atom is 0.191 e. The van der Waals surface area contributed by atoms with E-state index in [0.29, 0.717) is 18.0 Å². The largest absolute Gasteiger partial charge is 0.357 e. The fourth-order valence-corrected chi connectivity index (χ4v) is 3.96. The minimum absolute atomic E-state index is 0. The molecule has 0 aromatic heterocycles. The highest BCUT2D eigenvalue weighted by Gasteiger charge is 2.31. The van der Waals surface area contributed by atoms with Crippen molar-refractivity contribution in [2.45, 2.75) is 71.5 Å². The molecule has 2 unspecified atom stereocenters. The summed E-state index contributed by atoms with van der Waals surface area (Å²) in [5.74, 6) is 1.65.